The van der Waals surface area contributed by atoms with E-state index in [0.717, 1.165) is 39.1 Å². The van der Waals surface area contributed by atoms with Gasteiger partial charge in [0.2, 0.25) is 0 Å². The number of rotatable bonds is 8. The molecule has 1 saturated heterocycles. The lowest BCUT2D eigenvalue weighted by Gasteiger charge is -2.38. The summed E-state index contributed by atoms with van der Waals surface area (Å²) in [7, 11) is 0. The molecule has 0 aromatic heterocycles. The molecule has 1 fully saturated rings. The van der Waals surface area contributed by atoms with E-state index >= 15 is 0 Å². The number of carboxylic acid groups (broad SMARTS) is 1. The van der Waals surface area contributed by atoms with Crippen molar-refractivity contribution in [1.82, 2.24) is 9.80 Å². The molecule has 118 valence electrons. The second kappa shape index (κ2) is 7.96. The highest BCUT2D eigenvalue weighted by Crippen LogP contribution is 2.16. The highest BCUT2D eigenvalue weighted by molar-refractivity contribution is 5.78. The molecule has 0 radical (unpaired) electrons. The fourth-order valence-electron chi connectivity index (χ4n) is 2.74. The summed E-state index contributed by atoms with van der Waals surface area (Å²) in [5, 5.41) is 9.15. The van der Waals surface area contributed by atoms with Crippen molar-refractivity contribution in [2.45, 2.75) is 58.0 Å². The van der Waals surface area contributed by atoms with Crippen molar-refractivity contribution in [3.63, 3.8) is 0 Å². The Morgan fingerprint density at radius 3 is 2.35 bits per heavy atom. The van der Waals surface area contributed by atoms with Crippen LogP contribution in [0.4, 0.5) is 0 Å². The van der Waals surface area contributed by atoms with Crippen LogP contribution in [0.5, 0.6) is 0 Å². The van der Waals surface area contributed by atoms with Crippen LogP contribution in [0.2, 0.25) is 0 Å². The first kappa shape index (κ1) is 17.4. The number of piperazine rings is 1. The Morgan fingerprint density at radius 1 is 1.30 bits per heavy atom. The van der Waals surface area contributed by atoms with Gasteiger partial charge in [0.25, 0.3) is 0 Å². The van der Waals surface area contributed by atoms with E-state index in [1.54, 1.807) is 0 Å². The zero-order valence-electron chi connectivity index (χ0n) is 13.3. The molecule has 0 aliphatic carbocycles. The Bertz CT molecular complexity index is 303. The van der Waals surface area contributed by atoms with E-state index in [-0.39, 0.29) is 0 Å². The molecule has 1 aliphatic heterocycles. The molecule has 1 rings (SSSR count). The van der Waals surface area contributed by atoms with Gasteiger partial charge in [-0.15, -0.1) is 0 Å². The van der Waals surface area contributed by atoms with Crippen molar-refractivity contribution < 1.29 is 9.90 Å². The maximum absolute atomic E-state index is 11.1. The van der Waals surface area contributed by atoms with Gasteiger partial charge in [0.15, 0.2) is 0 Å². The second-order valence-corrected chi connectivity index (χ2v) is 6.05. The van der Waals surface area contributed by atoms with Gasteiger partial charge >= 0.3 is 5.97 Å². The van der Waals surface area contributed by atoms with Crippen LogP contribution in [0.1, 0.15) is 46.5 Å². The summed E-state index contributed by atoms with van der Waals surface area (Å²) in [5.41, 5.74) is 4.87. The second-order valence-electron chi connectivity index (χ2n) is 6.05. The molecular formula is C15H31N3O2. The number of hydrogen-bond acceptors (Lipinski definition) is 4. The van der Waals surface area contributed by atoms with Crippen LogP contribution in [0.3, 0.4) is 0 Å². The molecule has 5 heteroatoms. The Balaban J connectivity index is 2.26. The lowest BCUT2D eigenvalue weighted by molar-refractivity contribution is -0.143. The third-order valence-corrected chi connectivity index (χ3v) is 4.78. The van der Waals surface area contributed by atoms with Crippen molar-refractivity contribution >= 4 is 5.97 Å². The van der Waals surface area contributed by atoms with Gasteiger partial charge < -0.3 is 15.7 Å². The topological polar surface area (TPSA) is 69.8 Å². The Labute approximate surface area is 123 Å². The van der Waals surface area contributed by atoms with Crippen LogP contribution < -0.4 is 5.73 Å². The standard InChI is InChI=1S/C15H31N3O2/c1-4-13(3)18-11-9-17(10-12-18)8-6-7-15(16,5-2)14(19)20/h13H,4-12,16H2,1-3H3,(H,19,20). The van der Waals surface area contributed by atoms with Gasteiger partial charge in [0, 0.05) is 32.2 Å². The number of nitrogens with zero attached hydrogens (tertiary/aromatic N) is 2. The maximum Gasteiger partial charge on any atom is 0.323 e. The van der Waals surface area contributed by atoms with Crippen LogP contribution in [0.15, 0.2) is 0 Å². The molecule has 2 unspecified atom stereocenters. The van der Waals surface area contributed by atoms with Gasteiger partial charge in [-0.25, -0.2) is 0 Å². The molecule has 1 heterocycles. The fraction of sp³-hybridized carbons (Fsp3) is 0.933. The summed E-state index contributed by atoms with van der Waals surface area (Å²) < 4.78 is 0. The van der Waals surface area contributed by atoms with Crippen molar-refractivity contribution in [2.24, 2.45) is 5.73 Å². The van der Waals surface area contributed by atoms with Gasteiger partial charge in [-0.2, -0.15) is 0 Å². The number of carboxylic acids is 1. The van der Waals surface area contributed by atoms with Gasteiger partial charge in [-0.3, -0.25) is 9.69 Å². The molecule has 3 N–H and O–H groups in total. The van der Waals surface area contributed by atoms with Gasteiger partial charge in [-0.1, -0.05) is 13.8 Å². The number of carbonyl (C=O) groups is 1. The SMILES string of the molecule is CCC(C)N1CCN(CCCC(N)(CC)C(=O)O)CC1. The Morgan fingerprint density at radius 2 is 1.90 bits per heavy atom. The van der Waals surface area contributed by atoms with E-state index in [9.17, 15) is 4.79 Å². The number of hydrogen-bond donors (Lipinski definition) is 2. The largest absolute Gasteiger partial charge is 0.480 e. The first-order valence-electron chi connectivity index (χ1n) is 7.91. The molecule has 0 amide bonds. The van der Waals surface area contributed by atoms with Crippen molar-refractivity contribution in [3.8, 4) is 0 Å². The first-order chi connectivity index (χ1) is 9.42. The van der Waals surface area contributed by atoms with Crippen LogP contribution >= 0.6 is 0 Å². The molecule has 0 bridgehead atoms. The number of nitrogens with two attached hydrogens (primary N) is 1. The third-order valence-electron chi connectivity index (χ3n) is 4.78. The predicted molar refractivity (Wildman–Crippen MR) is 81.8 cm³/mol. The van der Waals surface area contributed by atoms with E-state index in [0.29, 0.717) is 18.9 Å². The van der Waals surface area contributed by atoms with Crippen molar-refractivity contribution in [1.29, 1.82) is 0 Å². The Hall–Kier alpha value is -0.650. The van der Waals surface area contributed by atoms with E-state index in [4.69, 9.17) is 10.8 Å². The summed E-state index contributed by atoms with van der Waals surface area (Å²) in [4.78, 5) is 16.1. The summed E-state index contributed by atoms with van der Waals surface area (Å²) in [6.45, 7) is 11.7. The monoisotopic (exact) mass is 285 g/mol. The molecule has 20 heavy (non-hydrogen) atoms. The third kappa shape index (κ3) is 4.72. The van der Waals surface area contributed by atoms with Crippen molar-refractivity contribution in [3.05, 3.63) is 0 Å². The lowest BCUT2D eigenvalue weighted by Crippen LogP contribution is -2.50. The average Bonchev–Trinajstić information content (AvgIpc) is 2.46. The van der Waals surface area contributed by atoms with Gasteiger partial charge in [-0.05, 0) is 39.2 Å². The molecule has 0 spiro atoms. The van der Waals surface area contributed by atoms with Crippen LogP contribution in [0.25, 0.3) is 0 Å². The van der Waals surface area contributed by atoms with Gasteiger partial charge in [0.1, 0.15) is 5.54 Å². The van der Waals surface area contributed by atoms with E-state index in [1.807, 2.05) is 6.92 Å². The smallest absolute Gasteiger partial charge is 0.323 e. The molecule has 2 atom stereocenters. The van der Waals surface area contributed by atoms with E-state index < -0.39 is 11.5 Å². The van der Waals surface area contributed by atoms with Crippen LogP contribution in [-0.2, 0) is 4.79 Å². The molecule has 0 aromatic rings. The van der Waals surface area contributed by atoms with E-state index in [2.05, 4.69) is 23.6 Å². The van der Waals surface area contributed by atoms with Crippen molar-refractivity contribution in [2.75, 3.05) is 32.7 Å². The van der Waals surface area contributed by atoms with Crippen LogP contribution in [-0.4, -0.2) is 65.2 Å². The highest BCUT2D eigenvalue weighted by atomic mass is 16.4. The minimum absolute atomic E-state index is 0.490. The highest BCUT2D eigenvalue weighted by Gasteiger charge is 2.31. The molecule has 0 saturated carbocycles. The molecule has 5 nitrogen and oxygen atoms in total. The normalized spacial score (nSPS) is 22.4. The molecular weight excluding hydrogens is 254 g/mol. The zero-order chi connectivity index (χ0) is 15.2. The summed E-state index contributed by atoms with van der Waals surface area (Å²) in [5.74, 6) is -0.874. The minimum atomic E-state index is -1.04. The Kier molecular flexibility index (Phi) is 6.92. The maximum atomic E-state index is 11.1. The first-order valence-corrected chi connectivity index (χ1v) is 7.91. The number of aliphatic carboxylic acids is 1. The summed E-state index contributed by atoms with van der Waals surface area (Å²) >= 11 is 0. The molecule has 1 aliphatic rings. The summed E-state index contributed by atoms with van der Waals surface area (Å²) in [6.07, 6.45) is 3.11. The quantitative estimate of drug-likeness (QED) is 0.705. The average molecular weight is 285 g/mol. The molecule has 0 aromatic carbocycles. The minimum Gasteiger partial charge on any atom is -0.480 e. The lowest BCUT2D eigenvalue weighted by atomic mass is 9.92. The zero-order valence-corrected chi connectivity index (χ0v) is 13.3. The van der Waals surface area contributed by atoms with E-state index in [1.165, 1.54) is 6.42 Å². The fourth-order valence-corrected chi connectivity index (χ4v) is 2.74. The van der Waals surface area contributed by atoms with Crippen LogP contribution in [0, 0.1) is 0 Å². The predicted octanol–water partition coefficient (Wildman–Crippen LogP) is 1.37. The van der Waals surface area contributed by atoms with Gasteiger partial charge in [0.05, 0.1) is 0 Å². The summed E-state index contributed by atoms with van der Waals surface area (Å²) in [6, 6.07) is 0.668.